The maximum absolute atomic E-state index is 11.7. The van der Waals surface area contributed by atoms with Crippen molar-refractivity contribution in [3.8, 4) is 5.75 Å². The number of benzene rings is 1. The van der Waals surface area contributed by atoms with Crippen LogP contribution in [0.5, 0.6) is 5.75 Å². The highest BCUT2D eigenvalue weighted by atomic mass is 16.5. The van der Waals surface area contributed by atoms with Crippen molar-refractivity contribution < 1.29 is 19.4 Å². The van der Waals surface area contributed by atoms with Crippen LogP contribution in [0, 0.1) is 6.92 Å². The van der Waals surface area contributed by atoms with Gasteiger partial charge in [0.2, 0.25) is 5.91 Å². The Kier molecular flexibility index (Phi) is 5.07. The molecule has 2 N–H and O–H groups in total. The summed E-state index contributed by atoms with van der Waals surface area (Å²) in [5.74, 6) is -0.732. The number of nitrogens with zero attached hydrogens (tertiary/aromatic N) is 3. The number of aromatic carboxylic acids is 1. The summed E-state index contributed by atoms with van der Waals surface area (Å²) in [6.45, 7) is 2.56. The van der Waals surface area contributed by atoms with Gasteiger partial charge in [0.1, 0.15) is 18.9 Å². The lowest BCUT2D eigenvalue weighted by Gasteiger charge is -2.08. The van der Waals surface area contributed by atoms with Gasteiger partial charge in [-0.05, 0) is 24.6 Å². The number of carbonyl (C=O) groups is 2. The van der Waals surface area contributed by atoms with Crippen LogP contribution in [0.2, 0.25) is 0 Å². The fourth-order valence-corrected chi connectivity index (χ4v) is 1.74. The molecule has 0 saturated carbocycles. The topological polar surface area (TPSA) is 106 Å². The number of amides is 1. The first-order valence-corrected chi connectivity index (χ1v) is 6.64. The summed E-state index contributed by atoms with van der Waals surface area (Å²) in [6.07, 6.45) is 1.20. The molecule has 1 amide bonds. The zero-order chi connectivity index (χ0) is 15.9. The van der Waals surface area contributed by atoms with Gasteiger partial charge in [-0.15, -0.1) is 5.10 Å². The maximum atomic E-state index is 11.7. The first-order valence-electron chi connectivity index (χ1n) is 6.64. The minimum Gasteiger partial charge on any atom is -0.492 e. The fraction of sp³-hybridized carbons (Fsp3) is 0.286. The van der Waals surface area contributed by atoms with Crippen LogP contribution in [-0.4, -0.2) is 45.1 Å². The third kappa shape index (κ3) is 4.58. The summed E-state index contributed by atoms with van der Waals surface area (Å²) in [6, 6.07) is 7.62. The van der Waals surface area contributed by atoms with Gasteiger partial charge < -0.3 is 15.2 Å². The molecule has 8 heteroatoms. The predicted molar refractivity (Wildman–Crippen MR) is 76.7 cm³/mol. The van der Waals surface area contributed by atoms with E-state index in [2.05, 4.69) is 15.6 Å². The van der Waals surface area contributed by atoms with E-state index in [0.29, 0.717) is 13.2 Å². The number of aromatic nitrogens is 3. The normalized spacial score (nSPS) is 10.2. The molecule has 22 heavy (non-hydrogen) atoms. The Morgan fingerprint density at radius 1 is 1.41 bits per heavy atom. The van der Waals surface area contributed by atoms with Crippen molar-refractivity contribution in [2.45, 2.75) is 13.5 Å². The summed E-state index contributed by atoms with van der Waals surface area (Å²) in [7, 11) is 0. The van der Waals surface area contributed by atoms with E-state index in [0.717, 1.165) is 11.3 Å². The minimum atomic E-state index is -1.18. The molecule has 0 saturated heterocycles. The van der Waals surface area contributed by atoms with Crippen LogP contribution >= 0.6 is 0 Å². The molecule has 0 unspecified atom stereocenters. The molecule has 0 bridgehead atoms. The number of carbonyl (C=O) groups excluding carboxylic acids is 1. The molecule has 2 aromatic rings. The van der Waals surface area contributed by atoms with Gasteiger partial charge in [-0.2, -0.15) is 0 Å². The number of hydrogen-bond donors (Lipinski definition) is 2. The smallest absolute Gasteiger partial charge is 0.358 e. The second kappa shape index (κ2) is 7.21. The van der Waals surface area contributed by atoms with Crippen LogP contribution in [-0.2, 0) is 11.3 Å². The molecule has 116 valence electrons. The number of hydrogen-bond acceptors (Lipinski definition) is 5. The first-order chi connectivity index (χ1) is 10.5. The average Bonchev–Trinajstić information content (AvgIpc) is 2.92. The van der Waals surface area contributed by atoms with Gasteiger partial charge in [0, 0.05) is 0 Å². The molecule has 0 aliphatic heterocycles. The Hall–Kier alpha value is -2.90. The summed E-state index contributed by atoms with van der Waals surface area (Å²) < 4.78 is 6.66. The monoisotopic (exact) mass is 304 g/mol. The van der Waals surface area contributed by atoms with Crippen molar-refractivity contribution in [1.82, 2.24) is 20.3 Å². The molecule has 0 aliphatic rings. The molecule has 1 heterocycles. The van der Waals surface area contributed by atoms with Gasteiger partial charge in [-0.1, -0.05) is 17.3 Å². The second-order valence-electron chi connectivity index (χ2n) is 4.62. The highest BCUT2D eigenvalue weighted by Crippen LogP contribution is 2.11. The van der Waals surface area contributed by atoms with Crippen molar-refractivity contribution in [3.63, 3.8) is 0 Å². The van der Waals surface area contributed by atoms with Gasteiger partial charge in [0.15, 0.2) is 5.69 Å². The lowest BCUT2D eigenvalue weighted by Crippen LogP contribution is -2.31. The Bertz CT molecular complexity index is 668. The van der Waals surface area contributed by atoms with E-state index >= 15 is 0 Å². The Morgan fingerprint density at radius 3 is 2.91 bits per heavy atom. The largest absolute Gasteiger partial charge is 0.492 e. The van der Waals surface area contributed by atoms with Crippen LogP contribution in [0.4, 0.5) is 0 Å². The van der Waals surface area contributed by atoms with Gasteiger partial charge in [0.25, 0.3) is 0 Å². The third-order valence-electron chi connectivity index (χ3n) is 2.75. The number of aryl methyl sites for hydroxylation is 1. The van der Waals surface area contributed by atoms with E-state index in [1.54, 1.807) is 0 Å². The van der Waals surface area contributed by atoms with Crippen molar-refractivity contribution in [3.05, 3.63) is 41.7 Å². The van der Waals surface area contributed by atoms with E-state index in [-0.39, 0.29) is 18.1 Å². The predicted octanol–water partition coefficient (Wildman–Crippen LogP) is 0.480. The summed E-state index contributed by atoms with van der Waals surface area (Å²) in [5, 5.41) is 18.3. The van der Waals surface area contributed by atoms with Crippen LogP contribution in [0.15, 0.2) is 30.5 Å². The zero-order valence-corrected chi connectivity index (χ0v) is 12.0. The lowest BCUT2D eigenvalue weighted by atomic mass is 10.2. The van der Waals surface area contributed by atoms with Crippen molar-refractivity contribution in [2.75, 3.05) is 13.2 Å². The molecule has 0 atom stereocenters. The zero-order valence-electron chi connectivity index (χ0n) is 12.0. The Balaban J connectivity index is 1.70. The number of rotatable bonds is 7. The molecule has 1 aromatic carbocycles. The molecular formula is C14H16N4O4. The average molecular weight is 304 g/mol. The molecule has 0 aliphatic carbocycles. The SMILES string of the molecule is Cc1cccc(OCCNC(=O)Cn2cc(C(=O)O)nn2)c1. The Labute approximate surface area is 126 Å². The summed E-state index contributed by atoms with van der Waals surface area (Å²) in [4.78, 5) is 22.3. The quantitative estimate of drug-likeness (QED) is 0.721. The standard InChI is InChI=1S/C14H16N4O4/c1-10-3-2-4-11(7-10)22-6-5-15-13(19)9-18-8-12(14(20)21)16-17-18/h2-4,7-8H,5-6,9H2,1H3,(H,15,19)(H,20,21). The van der Waals surface area contributed by atoms with E-state index < -0.39 is 5.97 Å². The van der Waals surface area contributed by atoms with Crippen molar-refractivity contribution >= 4 is 11.9 Å². The minimum absolute atomic E-state index is 0.0925. The van der Waals surface area contributed by atoms with Crippen LogP contribution in [0.25, 0.3) is 0 Å². The maximum Gasteiger partial charge on any atom is 0.358 e. The summed E-state index contributed by atoms with van der Waals surface area (Å²) >= 11 is 0. The number of carboxylic acids is 1. The van der Waals surface area contributed by atoms with Crippen LogP contribution in [0.3, 0.4) is 0 Å². The van der Waals surface area contributed by atoms with E-state index in [4.69, 9.17) is 9.84 Å². The molecule has 1 aromatic heterocycles. The highest BCUT2D eigenvalue weighted by Gasteiger charge is 2.10. The lowest BCUT2D eigenvalue weighted by molar-refractivity contribution is -0.122. The molecule has 2 rings (SSSR count). The van der Waals surface area contributed by atoms with E-state index in [9.17, 15) is 9.59 Å². The third-order valence-corrected chi connectivity index (χ3v) is 2.75. The van der Waals surface area contributed by atoms with Gasteiger partial charge in [-0.25, -0.2) is 9.48 Å². The molecule has 0 spiro atoms. The van der Waals surface area contributed by atoms with Crippen molar-refractivity contribution in [1.29, 1.82) is 0 Å². The van der Waals surface area contributed by atoms with Gasteiger partial charge in [-0.3, -0.25) is 4.79 Å². The number of nitrogens with one attached hydrogen (secondary N) is 1. The molecule has 8 nitrogen and oxygen atoms in total. The summed E-state index contributed by atoms with van der Waals surface area (Å²) in [5.41, 5.74) is 0.900. The fourth-order valence-electron chi connectivity index (χ4n) is 1.74. The van der Waals surface area contributed by atoms with E-state index in [1.165, 1.54) is 10.9 Å². The van der Waals surface area contributed by atoms with Crippen LogP contribution in [0.1, 0.15) is 16.1 Å². The molecular weight excluding hydrogens is 288 g/mol. The first kappa shape index (κ1) is 15.5. The van der Waals surface area contributed by atoms with E-state index in [1.807, 2.05) is 31.2 Å². The van der Waals surface area contributed by atoms with Crippen LogP contribution < -0.4 is 10.1 Å². The second-order valence-corrected chi connectivity index (χ2v) is 4.62. The van der Waals surface area contributed by atoms with Gasteiger partial charge in [0.05, 0.1) is 12.7 Å². The molecule has 0 radical (unpaired) electrons. The van der Waals surface area contributed by atoms with Crippen molar-refractivity contribution in [2.24, 2.45) is 0 Å². The Morgan fingerprint density at radius 2 is 2.23 bits per heavy atom. The highest BCUT2D eigenvalue weighted by molar-refractivity contribution is 5.84. The number of carboxylic acid groups (broad SMARTS) is 1. The van der Waals surface area contributed by atoms with Gasteiger partial charge >= 0.3 is 5.97 Å². The number of ether oxygens (including phenoxy) is 1. The molecule has 0 fully saturated rings.